The molecule has 0 saturated heterocycles. The number of aromatic carboxylic acids is 1. The lowest BCUT2D eigenvalue weighted by atomic mass is 9.98. The van der Waals surface area contributed by atoms with E-state index in [4.69, 9.17) is 5.73 Å². The molecule has 6 N–H and O–H groups in total. The highest BCUT2D eigenvalue weighted by Crippen LogP contribution is 2.35. The van der Waals surface area contributed by atoms with Gasteiger partial charge in [-0.25, -0.2) is 14.8 Å². The fourth-order valence-electron chi connectivity index (χ4n) is 5.40. The Morgan fingerprint density at radius 1 is 1.09 bits per heavy atom. The van der Waals surface area contributed by atoms with E-state index in [1.165, 1.54) is 16.7 Å². The van der Waals surface area contributed by atoms with Gasteiger partial charge in [-0.05, 0) is 66.3 Å². The molecule has 0 aliphatic heterocycles. The Bertz CT molecular complexity index is 2040. The highest BCUT2D eigenvalue weighted by atomic mass is 16.4. The number of hydrogen-bond acceptors (Lipinski definition) is 9. The van der Waals surface area contributed by atoms with Crippen molar-refractivity contribution in [2.75, 3.05) is 11.1 Å². The highest BCUT2D eigenvalue weighted by molar-refractivity contribution is 5.98. The van der Waals surface area contributed by atoms with Gasteiger partial charge in [0.25, 0.3) is 22.7 Å². The number of nitrogen functional groups attached to an aromatic ring is 1. The van der Waals surface area contributed by atoms with E-state index < -0.39 is 28.6 Å². The van der Waals surface area contributed by atoms with Crippen molar-refractivity contribution in [1.82, 2.24) is 25.0 Å². The molecule has 0 radical (unpaired) electrons. The summed E-state index contributed by atoms with van der Waals surface area (Å²) in [7, 11) is 0. The third-order valence-corrected chi connectivity index (χ3v) is 7.67. The first-order valence-corrected chi connectivity index (χ1v) is 13.4. The van der Waals surface area contributed by atoms with Crippen LogP contribution in [-0.4, -0.2) is 37.3 Å². The van der Waals surface area contributed by atoms with Crippen LogP contribution < -0.4 is 32.5 Å². The van der Waals surface area contributed by atoms with Gasteiger partial charge in [0.15, 0.2) is 0 Å². The minimum atomic E-state index is -0.993. The molecule has 1 aliphatic rings. The van der Waals surface area contributed by atoms with Gasteiger partial charge in [0.2, 0.25) is 5.78 Å². The lowest BCUT2D eigenvalue weighted by molar-refractivity contribution is 0.0695. The lowest BCUT2D eigenvalue weighted by Crippen LogP contribution is -2.36. The quantitative estimate of drug-likeness (QED) is 0.170. The SMILES string of the molecule is Cc1c(C(=O)O)ccc2c1CC[C@@H]2NC(=O)c1cc(C(=O)NCc2cccc(Nc3c(N)c(=O)c3=O)c2)nc2nccn12. The van der Waals surface area contributed by atoms with Crippen LogP contribution in [0.3, 0.4) is 0 Å². The molecule has 1 atom stereocenters. The normalized spacial score (nSPS) is 14.0. The monoisotopic (exact) mass is 579 g/mol. The number of carbonyl (C=O) groups excluding carboxylic acids is 2. The molecular weight excluding hydrogens is 554 g/mol. The number of rotatable bonds is 8. The lowest BCUT2D eigenvalue weighted by Gasteiger charge is -2.16. The number of benzene rings is 2. The van der Waals surface area contributed by atoms with Crippen molar-refractivity contribution < 1.29 is 19.5 Å². The Labute approximate surface area is 243 Å². The molecule has 5 aromatic rings. The largest absolute Gasteiger partial charge is 0.478 e. The molecule has 0 spiro atoms. The Morgan fingerprint density at radius 3 is 2.67 bits per heavy atom. The summed E-state index contributed by atoms with van der Waals surface area (Å²) in [6.45, 7) is 1.88. The first-order valence-electron chi connectivity index (χ1n) is 13.4. The number of carboxylic acids is 1. The van der Waals surface area contributed by atoms with Gasteiger partial charge in [0.05, 0.1) is 11.6 Å². The Hall–Kier alpha value is -5.85. The molecule has 0 bridgehead atoms. The Kier molecular flexibility index (Phi) is 6.69. The van der Waals surface area contributed by atoms with E-state index in [9.17, 15) is 29.1 Å². The number of imidazole rings is 1. The number of fused-ring (bicyclic) bond motifs is 2. The fourth-order valence-corrected chi connectivity index (χ4v) is 5.40. The number of hydrogen-bond donors (Lipinski definition) is 5. The maximum atomic E-state index is 13.5. The van der Waals surface area contributed by atoms with Gasteiger partial charge < -0.3 is 26.8 Å². The number of amides is 2. The van der Waals surface area contributed by atoms with E-state index in [-0.39, 0.29) is 46.7 Å². The van der Waals surface area contributed by atoms with Crippen LogP contribution in [0.4, 0.5) is 17.1 Å². The van der Waals surface area contributed by atoms with Crippen LogP contribution in [0.5, 0.6) is 0 Å². The van der Waals surface area contributed by atoms with Gasteiger partial charge in [-0.15, -0.1) is 0 Å². The zero-order valence-electron chi connectivity index (χ0n) is 22.8. The van der Waals surface area contributed by atoms with E-state index in [2.05, 4.69) is 25.9 Å². The maximum absolute atomic E-state index is 13.5. The molecule has 13 heteroatoms. The molecule has 2 amide bonds. The third-order valence-electron chi connectivity index (χ3n) is 7.67. The molecule has 6 rings (SSSR count). The molecule has 1 aliphatic carbocycles. The zero-order chi connectivity index (χ0) is 30.4. The first kappa shape index (κ1) is 27.3. The topological polar surface area (TPSA) is 198 Å². The number of carboxylic acid groups (broad SMARTS) is 1. The van der Waals surface area contributed by atoms with Crippen LogP contribution >= 0.6 is 0 Å². The summed E-state index contributed by atoms with van der Waals surface area (Å²) in [6, 6.07) is 11.2. The molecular formula is C30H25N7O6. The van der Waals surface area contributed by atoms with Crippen molar-refractivity contribution in [2.45, 2.75) is 32.4 Å². The predicted molar refractivity (Wildman–Crippen MR) is 156 cm³/mol. The second kappa shape index (κ2) is 10.5. The van der Waals surface area contributed by atoms with Crippen LogP contribution in [0.1, 0.15) is 66.1 Å². The fraction of sp³-hybridized carbons (Fsp3) is 0.167. The zero-order valence-corrected chi connectivity index (χ0v) is 22.8. The van der Waals surface area contributed by atoms with Crippen LogP contribution in [-0.2, 0) is 13.0 Å². The first-order chi connectivity index (χ1) is 20.6. The number of anilines is 3. The van der Waals surface area contributed by atoms with Crippen LogP contribution in [0.25, 0.3) is 5.78 Å². The third kappa shape index (κ3) is 4.86. The Morgan fingerprint density at radius 2 is 1.91 bits per heavy atom. The number of nitrogens with one attached hydrogen (secondary N) is 3. The van der Waals surface area contributed by atoms with Crippen molar-refractivity contribution >= 4 is 40.6 Å². The van der Waals surface area contributed by atoms with E-state index in [0.717, 1.165) is 11.1 Å². The maximum Gasteiger partial charge on any atom is 0.335 e. The van der Waals surface area contributed by atoms with Crippen LogP contribution in [0, 0.1) is 6.92 Å². The van der Waals surface area contributed by atoms with Gasteiger partial charge in [-0.3, -0.25) is 23.6 Å². The smallest absolute Gasteiger partial charge is 0.335 e. The summed E-state index contributed by atoms with van der Waals surface area (Å²) in [4.78, 5) is 69.7. The van der Waals surface area contributed by atoms with Crippen LogP contribution in [0.15, 0.2) is 64.4 Å². The Balaban J connectivity index is 1.18. The van der Waals surface area contributed by atoms with Gasteiger partial charge in [-0.1, -0.05) is 18.2 Å². The van der Waals surface area contributed by atoms with Gasteiger partial charge >= 0.3 is 5.97 Å². The molecule has 2 heterocycles. The number of carbonyl (C=O) groups is 3. The van der Waals surface area contributed by atoms with Gasteiger partial charge in [0.1, 0.15) is 22.8 Å². The summed E-state index contributed by atoms with van der Waals surface area (Å²) in [5.74, 6) is -1.79. The molecule has 216 valence electrons. The second-order valence-corrected chi connectivity index (χ2v) is 10.3. The molecule has 2 aromatic heterocycles. The minimum Gasteiger partial charge on any atom is -0.478 e. The summed E-state index contributed by atoms with van der Waals surface area (Å²) >= 11 is 0. The summed E-state index contributed by atoms with van der Waals surface area (Å²) in [6.07, 6.45) is 4.29. The van der Waals surface area contributed by atoms with E-state index in [1.54, 1.807) is 49.5 Å². The van der Waals surface area contributed by atoms with Gasteiger partial charge in [-0.2, -0.15) is 0 Å². The predicted octanol–water partition coefficient (Wildman–Crippen LogP) is 2.01. The highest BCUT2D eigenvalue weighted by Gasteiger charge is 2.29. The summed E-state index contributed by atoms with van der Waals surface area (Å²) < 4.78 is 1.49. The van der Waals surface area contributed by atoms with E-state index >= 15 is 0 Å². The number of nitrogens with zero attached hydrogens (tertiary/aromatic N) is 3. The average molecular weight is 580 g/mol. The van der Waals surface area contributed by atoms with Crippen LogP contribution in [0.2, 0.25) is 0 Å². The van der Waals surface area contributed by atoms with Crippen molar-refractivity contribution in [3.63, 3.8) is 0 Å². The minimum absolute atomic E-state index is 0.0107. The molecule has 13 nitrogen and oxygen atoms in total. The molecule has 3 aromatic carbocycles. The summed E-state index contributed by atoms with van der Waals surface area (Å²) in [5.41, 5.74) is 8.17. The molecule has 0 saturated carbocycles. The number of nitrogens with two attached hydrogens (primary N) is 1. The van der Waals surface area contributed by atoms with Crippen molar-refractivity contribution in [2.24, 2.45) is 0 Å². The molecule has 0 unspecified atom stereocenters. The average Bonchev–Trinajstić information content (AvgIpc) is 3.65. The van der Waals surface area contributed by atoms with E-state index in [0.29, 0.717) is 29.7 Å². The van der Waals surface area contributed by atoms with Crippen molar-refractivity contribution in [1.29, 1.82) is 0 Å². The second-order valence-electron chi connectivity index (χ2n) is 10.3. The van der Waals surface area contributed by atoms with Gasteiger partial charge in [0, 0.05) is 24.6 Å². The van der Waals surface area contributed by atoms with Crippen molar-refractivity contribution in [3.8, 4) is 0 Å². The molecule has 43 heavy (non-hydrogen) atoms. The summed E-state index contributed by atoms with van der Waals surface area (Å²) in [5, 5.41) is 18.1. The molecule has 0 fully saturated rings. The standard InChI is InChI=1S/C30H25N7O6/c1-14-17-7-8-20(19(17)6-5-18(14)29(42)43)35-28(41)22-12-21(36-30-32-9-10-37(22)30)27(40)33-13-15-3-2-4-16(11-15)34-24-23(31)25(38)26(24)39/h2-6,9-12,20,34H,7-8,13,31H2,1H3,(H,33,40)(H,35,41)(H,42,43)/t20-/m0/s1. The van der Waals surface area contributed by atoms with Crippen molar-refractivity contribution in [3.05, 3.63) is 115 Å². The van der Waals surface area contributed by atoms with E-state index in [1.807, 2.05) is 0 Å². The number of aromatic nitrogens is 3.